The SMILES string of the molecule is Cc1nc(-c2ccc(S(=O)(=O)NCc3ccnc(-c4cccnc4)c3)cc2)co1. The number of oxazole rings is 1. The maximum Gasteiger partial charge on any atom is 0.240 e. The second-order valence-corrected chi connectivity index (χ2v) is 8.16. The van der Waals surface area contributed by atoms with Crippen LogP contribution in [0.2, 0.25) is 0 Å². The molecule has 0 bridgehead atoms. The van der Waals surface area contributed by atoms with Crippen molar-refractivity contribution in [2.45, 2.75) is 18.4 Å². The molecule has 1 aromatic carbocycles. The molecule has 0 aliphatic heterocycles. The molecule has 0 saturated heterocycles. The van der Waals surface area contributed by atoms with E-state index in [2.05, 4.69) is 19.7 Å². The zero-order valence-electron chi connectivity index (χ0n) is 15.6. The minimum absolute atomic E-state index is 0.155. The average molecular weight is 406 g/mol. The molecule has 3 aromatic heterocycles. The lowest BCUT2D eigenvalue weighted by atomic mass is 10.1. The fourth-order valence-electron chi connectivity index (χ4n) is 2.82. The fourth-order valence-corrected chi connectivity index (χ4v) is 3.84. The Morgan fingerprint density at radius 3 is 2.52 bits per heavy atom. The van der Waals surface area contributed by atoms with E-state index in [9.17, 15) is 8.42 Å². The molecule has 0 fully saturated rings. The van der Waals surface area contributed by atoms with Crippen LogP contribution in [0.15, 0.2) is 82.7 Å². The molecule has 0 aliphatic rings. The Kier molecular flexibility index (Phi) is 5.20. The first-order valence-electron chi connectivity index (χ1n) is 8.89. The van der Waals surface area contributed by atoms with Crippen LogP contribution < -0.4 is 4.72 Å². The molecule has 0 aliphatic carbocycles. The average Bonchev–Trinajstić information content (AvgIpc) is 3.20. The largest absolute Gasteiger partial charge is 0.449 e. The number of sulfonamides is 1. The summed E-state index contributed by atoms with van der Waals surface area (Å²) < 4.78 is 33.1. The Balaban J connectivity index is 1.48. The molecule has 4 rings (SSSR count). The predicted molar refractivity (Wildman–Crippen MR) is 108 cm³/mol. The molecule has 29 heavy (non-hydrogen) atoms. The fraction of sp³-hybridized carbons (Fsp3) is 0.0952. The minimum atomic E-state index is -3.66. The van der Waals surface area contributed by atoms with E-state index in [1.807, 2.05) is 18.2 Å². The molecule has 7 nitrogen and oxygen atoms in total. The maximum atomic E-state index is 12.6. The molecule has 0 unspecified atom stereocenters. The zero-order chi connectivity index (χ0) is 20.3. The molecule has 8 heteroatoms. The van der Waals surface area contributed by atoms with E-state index in [1.54, 1.807) is 62.1 Å². The molecular formula is C21H18N4O3S. The lowest BCUT2D eigenvalue weighted by molar-refractivity contribution is 0.521. The smallest absolute Gasteiger partial charge is 0.240 e. The third-order valence-corrected chi connectivity index (χ3v) is 5.74. The molecule has 1 N–H and O–H groups in total. The van der Waals surface area contributed by atoms with Crippen molar-refractivity contribution in [2.75, 3.05) is 0 Å². The number of nitrogens with one attached hydrogen (secondary N) is 1. The summed E-state index contributed by atoms with van der Waals surface area (Å²) in [5.74, 6) is 0.557. The van der Waals surface area contributed by atoms with Crippen molar-refractivity contribution in [3.05, 3.63) is 84.8 Å². The molecule has 146 valence electrons. The summed E-state index contributed by atoms with van der Waals surface area (Å²) in [6, 6.07) is 13.9. The Bertz CT molecular complexity index is 1220. The van der Waals surface area contributed by atoms with Gasteiger partial charge in [-0.3, -0.25) is 9.97 Å². The van der Waals surface area contributed by atoms with Crippen LogP contribution >= 0.6 is 0 Å². The van der Waals surface area contributed by atoms with Crippen molar-refractivity contribution in [1.82, 2.24) is 19.7 Å². The third kappa shape index (κ3) is 4.39. The van der Waals surface area contributed by atoms with Crippen molar-refractivity contribution in [2.24, 2.45) is 0 Å². The van der Waals surface area contributed by atoms with Gasteiger partial charge in [-0.05, 0) is 42.0 Å². The van der Waals surface area contributed by atoms with E-state index in [0.717, 1.165) is 22.4 Å². The number of rotatable bonds is 6. The highest BCUT2D eigenvalue weighted by molar-refractivity contribution is 7.89. The quantitative estimate of drug-likeness (QED) is 0.525. The first kappa shape index (κ1) is 19.0. The molecule has 0 radical (unpaired) electrons. The Morgan fingerprint density at radius 1 is 1.00 bits per heavy atom. The second kappa shape index (κ2) is 7.94. The van der Waals surface area contributed by atoms with Crippen LogP contribution in [0.25, 0.3) is 22.5 Å². The van der Waals surface area contributed by atoms with Gasteiger partial charge in [0.1, 0.15) is 12.0 Å². The molecule has 0 amide bonds. The molecule has 4 aromatic rings. The van der Waals surface area contributed by atoms with Crippen molar-refractivity contribution in [3.8, 4) is 22.5 Å². The number of aromatic nitrogens is 3. The summed E-state index contributed by atoms with van der Waals surface area (Å²) in [7, 11) is -3.66. The standard InChI is InChI=1S/C21H18N4O3S/c1-15-25-21(14-28-15)17-4-6-19(7-5-17)29(26,27)24-12-16-8-10-23-20(11-16)18-3-2-9-22-13-18/h2-11,13-14,24H,12H2,1H3. The lowest BCUT2D eigenvalue weighted by Crippen LogP contribution is -2.23. The van der Waals surface area contributed by atoms with E-state index < -0.39 is 10.0 Å². The number of aryl methyl sites for hydroxylation is 1. The topological polar surface area (TPSA) is 98.0 Å². The van der Waals surface area contributed by atoms with Gasteiger partial charge >= 0.3 is 0 Å². The first-order chi connectivity index (χ1) is 14.0. The Hall–Kier alpha value is -3.36. The van der Waals surface area contributed by atoms with E-state index in [-0.39, 0.29) is 11.4 Å². The molecule has 0 spiro atoms. The lowest BCUT2D eigenvalue weighted by Gasteiger charge is -2.08. The van der Waals surface area contributed by atoms with Crippen LogP contribution in [0, 0.1) is 6.92 Å². The van der Waals surface area contributed by atoms with Gasteiger partial charge in [-0.2, -0.15) is 0 Å². The maximum absolute atomic E-state index is 12.6. The van der Waals surface area contributed by atoms with Gasteiger partial charge in [0.05, 0.1) is 10.6 Å². The van der Waals surface area contributed by atoms with Gasteiger partial charge in [-0.1, -0.05) is 12.1 Å². The van der Waals surface area contributed by atoms with E-state index in [0.29, 0.717) is 11.6 Å². The first-order valence-corrected chi connectivity index (χ1v) is 10.4. The summed E-state index contributed by atoms with van der Waals surface area (Å²) in [6.45, 7) is 1.91. The monoisotopic (exact) mass is 406 g/mol. The number of nitrogens with zero attached hydrogens (tertiary/aromatic N) is 3. The van der Waals surface area contributed by atoms with Gasteiger partial charge in [-0.15, -0.1) is 0 Å². The number of pyridine rings is 2. The van der Waals surface area contributed by atoms with Crippen molar-refractivity contribution in [1.29, 1.82) is 0 Å². The molecular weight excluding hydrogens is 388 g/mol. The summed E-state index contributed by atoms with van der Waals surface area (Å²) in [5.41, 5.74) is 3.87. The highest BCUT2D eigenvalue weighted by Crippen LogP contribution is 2.21. The summed E-state index contributed by atoms with van der Waals surface area (Å²) >= 11 is 0. The normalized spacial score (nSPS) is 11.5. The van der Waals surface area contributed by atoms with Gasteiger partial charge in [0, 0.05) is 43.2 Å². The van der Waals surface area contributed by atoms with Crippen molar-refractivity contribution < 1.29 is 12.8 Å². The van der Waals surface area contributed by atoms with Gasteiger partial charge < -0.3 is 4.42 Å². The van der Waals surface area contributed by atoms with Crippen LogP contribution in [0.3, 0.4) is 0 Å². The third-order valence-electron chi connectivity index (χ3n) is 4.33. The highest BCUT2D eigenvalue weighted by Gasteiger charge is 2.15. The number of benzene rings is 1. The van der Waals surface area contributed by atoms with Crippen LogP contribution in [0.4, 0.5) is 0 Å². The summed E-state index contributed by atoms with van der Waals surface area (Å²) in [6.07, 6.45) is 6.60. The van der Waals surface area contributed by atoms with E-state index in [1.165, 1.54) is 0 Å². The number of hydrogen-bond donors (Lipinski definition) is 1. The Labute approximate surface area is 168 Å². The second-order valence-electron chi connectivity index (χ2n) is 6.39. The van der Waals surface area contributed by atoms with Gasteiger partial charge in [0.2, 0.25) is 10.0 Å². The summed E-state index contributed by atoms with van der Waals surface area (Å²) in [4.78, 5) is 12.8. The van der Waals surface area contributed by atoms with Crippen LogP contribution in [0.1, 0.15) is 11.5 Å². The Morgan fingerprint density at radius 2 is 1.83 bits per heavy atom. The van der Waals surface area contributed by atoms with E-state index >= 15 is 0 Å². The van der Waals surface area contributed by atoms with Crippen molar-refractivity contribution >= 4 is 10.0 Å². The number of hydrogen-bond acceptors (Lipinski definition) is 6. The van der Waals surface area contributed by atoms with Crippen LogP contribution in [-0.4, -0.2) is 23.4 Å². The zero-order valence-corrected chi connectivity index (χ0v) is 16.4. The van der Waals surface area contributed by atoms with Gasteiger partial charge in [0.25, 0.3) is 0 Å². The van der Waals surface area contributed by atoms with Crippen molar-refractivity contribution in [3.63, 3.8) is 0 Å². The van der Waals surface area contributed by atoms with Gasteiger partial charge in [0.15, 0.2) is 5.89 Å². The van der Waals surface area contributed by atoms with E-state index in [4.69, 9.17) is 4.42 Å². The molecule has 0 atom stereocenters. The van der Waals surface area contributed by atoms with Crippen LogP contribution in [-0.2, 0) is 16.6 Å². The molecule has 3 heterocycles. The van der Waals surface area contributed by atoms with Gasteiger partial charge in [-0.25, -0.2) is 18.1 Å². The highest BCUT2D eigenvalue weighted by atomic mass is 32.2. The minimum Gasteiger partial charge on any atom is -0.449 e. The summed E-state index contributed by atoms with van der Waals surface area (Å²) in [5, 5.41) is 0. The molecule has 0 saturated carbocycles. The van der Waals surface area contributed by atoms with Crippen LogP contribution in [0.5, 0.6) is 0 Å². The predicted octanol–water partition coefficient (Wildman–Crippen LogP) is 3.59.